The number of para-hydroxylation sites is 3. The van der Waals surface area contributed by atoms with Gasteiger partial charge in [0.15, 0.2) is 0 Å². The monoisotopic (exact) mass is 679 g/mol. The normalized spacial score (nSPS) is 11.9. The van der Waals surface area contributed by atoms with Gasteiger partial charge in [-0.25, -0.2) is 0 Å². The Kier molecular flexibility index (Phi) is 6.46. The summed E-state index contributed by atoms with van der Waals surface area (Å²) in [4.78, 5) is 9.05. The van der Waals surface area contributed by atoms with Crippen molar-refractivity contribution in [2.45, 2.75) is 13.3 Å². The Labute approximate surface area is 305 Å². The van der Waals surface area contributed by atoms with Gasteiger partial charge in [-0.05, 0) is 91.2 Å². The fourth-order valence-electron chi connectivity index (χ4n) is 8.64. The third-order valence-electron chi connectivity index (χ3n) is 10.9. The summed E-state index contributed by atoms with van der Waals surface area (Å²) in [5.41, 5.74) is 14.2. The van der Waals surface area contributed by atoms with E-state index in [9.17, 15) is 0 Å². The zero-order valence-electron chi connectivity index (χ0n) is 29.1. The van der Waals surface area contributed by atoms with E-state index in [1.54, 1.807) is 0 Å². The Morgan fingerprint density at radius 1 is 0.415 bits per heavy atom. The first-order chi connectivity index (χ1) is 26.2. The number of aromatic nitrogens is 5. The molecule has 0 aliphatic carbocycles. The molecule has 11 aromatic rings. The maximum Gasteiger partial charge on any atom is 0.0571 e. The number of fused-ring (bicyclic) bond motifs is 9. The zero-order chi connectivity index (χ0) is 35.0. The summed E-state index contributed by atoms with van der Waals surface area (Å²) in [5, 5.41) is 7.23. The molecule has 0 unspecified atom stereocenters. The van der Waals surface area contributed by atoms with Crippen LogP contribution in [0.4, 0.5) is 0 Å². The molecule has 5 aromatic heterocycles. The fraction of sp³-hybridized carbons (Fsp3) is 0.0417. The van der Waals surface area contributed by atoms with Gasteiger partial charge in [0.1, 0.15) is 0 Å². The third-order valence-corrected chi connectivity index (χ3v) is 10.9. The summed E-state index contributed by atoms with van der Waals surface area (Å²) in [6, 6.07) is 53.1. The summed E-state index contributed by atoms with van der Waals surface area (Å²) >= 11 is 0. The number of hydrogen-bond acceptors (Lipinski definition) is 2. The molecule has 0 amide bonds. The van der Waals surface area contributed by atoms with Crippen molar-refractivity contribution in [3.05, 3.63) is 187 Å². The molecule has 0 saturated carbocycles. The average molecular weight is 680 g/mol. The quantitative estimate of drug-likeness (QED) is 0.182. The highest BCUT2D eigenvalue weighted by Crippen LogP contribution is 2.38. The minimum Gasteiger partial charge on any atom is -0.309 e. The van der Waals surface area contributed by atoms with Crippen molar-refractivity contribution in [3.8, 4) is 17.1 Å². The molecular weight excluding hydrogens is 647 g/mol. The van der Waals surface area contributed by atoms with Gasteiger partial charge in [0, 0.05) is 74.2 Å². The van der Waals surface area contributed by atoms with E-state index >= 15 is 0 Å². The lowest BCUT2D eigenvalue weighted by Gasteiger charge is -2.16. The molecule has 0 radical (unpaired) electrons. The van der Waals surface area contributed by atoms with Gasteiger partial charge in [-0.1, -0.05) is 84.4 Å². The van der Waals surface area contributed by atoms with E-state index in [0.717, 1.165) is 50.6 Å². The standard InChI is InChI=1S/C48H33N5/c1-31-17-19-34(20-18-31)51-44-15-7-4-12-39(44)48-33(9-8-16-47(48)51)25-32-26-35(52-42-13-5-2-10-37(42)40-29-49-23-21-45(40)52)28-36(27-32)53-43-14-6-3-11-38(43)41-30-50-24-22-46(41)53/h2-24,26-30H,25H2,1H3. The van der Waals surface area contributed by atoms with Crippen LogP contribution in [-0.4, -0.2) is 23.7 Å². The first-order valence-electron chi connectivity index (χ1n) is 18.1. The second-order valence-corrected chi connectivity index (χ2v) is 14.0. The molecule has 0 saturated heterocycles. The molecule has 5 heteroatoms. The molecule has 6 aromatic carbocycles. The third kappa shape index (κ3) is 4.50. The lowest BCUT2D eigenvalue weighted by molar-refractivity contribution is 1.10. The van der Waals surface area contributed by atoms with Crippen LogP contribution in [-0.2, 0) is 6.42 Å². The molecule has 0 bridgehead atoms. The molecule has 5 heterocycles. The predicted molar refractivity (Wildman–Crippen MR) is 219 cm³/mol. The molecule has 5 nitrogen and oxygen atoms in total. The minimum absolute atomic E-state index is 0.761. The minimum atomic E-state index is 0.761. The summed E-state index contributed by atoms with van der Waals surface area (Å²) < 4.78 is 7.21. The number of aryl methyl sites for hydroxylation is 1. The maximum atomic E-state index is 4.53. The van der Waals surface area contributed by atoms with Crippen LogP contribution in [0.15, 0.2) is 170 Å². The van der Waals surface area contributed by atoms with E-state index < -0.39 is 0 Å². The van der Waals surface area contributed by atoms with Gasteiger partial charge >= 0.3 is 0 Å². The number of rotatable bonds is 5. The lowest BCUT2D eigenvalue weighted by Crippen LogP contribution is -2.02. The van der Waals surface area contributed by atoms with Crippen molar-refractivity contribution in [1.82, 2.24) is 23.7 Å². The Morgan fingerprint density at radius 3 is 1.51 bits per heavy atom. The second-order valence-electron chi connectivity index (χ2n) is 14.0. The van der Waals surface area contributed by atoms with E-state index in [1.165, 1.54) is 55.0 Å². The van der Waals surface area contributed by atoms with E-state index in [0.29, 0.717) is 0 Å². The Morgan fingerprint density at radius 2 is 0.906 bits per heavy atom. The molecule has 0 aliphatic rings. The van der Waals surface area contributed by atoms with Gasteiger partial charge < -0.3 is 13.7 Å². The van der Waals surface area contributed by atoms with Gasteiger partial charge in [-0.2, -0.15) is 0 Å². The molecule has 0 fully saturated rings. The molecule has 0 aliphatic heterocycles. The number of nitrogens with zero attached hydrogens (tertiary/aromatic N) is 5. The van der Waals surface area contributed by atoms with Gasteiger partial charge in [0.05, 0.1) is 33.1 Å². The number of pyridine rings is 2. The van der Waals surface area contributed by atoms with Gasteiger partial charge in [-0.3, -0.25) is 9.97 Å². The summed E-state index contributed by atoms with van der Waals surface area (Å²) in [7, 11) is 0. The van der Waals surface area contributed by atoms with Crippen LogP contribution in [0.3, 0.4) is 0 Å². The van der Waals surface area contributed by atoms with Crippen LogP contribution in [0.5, 0.6) is 0 Å². The van der Waals surface area contributed by atoms with Crippen LogP contribution in [0.1, 0.15) is 16.7 Å². The highest BCUT2D eigenvalue weighted by atomic mass is 15.0. The lowest BCUT2D eigenvalue weighted by atomic mass is 9.98. The van der Waals surface area contributed by atoms with Crippen molar-refractivity contribution in [3.63, 3.8) is 0 Å². The van der Waals surface area contributed by atoms with E-state index in [4.69, 9.17) is 0 Å². The zero-order valence-corrected chi connectivity index (χ0v) is 29.1. The first-order valence-corrected chi connectivity index (χ1v) is 18.1. The summed E-state index contributed by atoms with van der Waals surface area (Å²) in [5.74, 6) is 0. The molecule has 0 atom stereocenters. The van der Waals surface area contributed by atoms with Gasteiger partial charge in [0.2, 0.25) is 0 Å². The van der Waals surface area contributed by atoms with Crippen molar-refractivity contribution < 1.29 is 0 Å². The number of benzene rings is 6. The highest BCUT2D eigenvalue weighted by Gasteiger charge is 2.19. The van der Waals surface area contributed by atoms with Crippen molar-refractivity contribution in [2.24, 2.45) is 0 Å². The molecule has 0 N–H and O–H groups in total. The second kappa shape index (κ2) is 11.5. The molecule has 0 spiro atoms. The first kappa shape index (κ1) is 29.7. The van der Waals surface area contributed by atoms with Crippen molar-refractivity contribution in [2.75, 3.05) is 0 Å². The fourth-order valence-corrected chi connectivity index (χ4v) is 8.64. The van der Waals surface area contributed by atoms with E-state index in [2.05, 4.69) is 176 Å². The average Bonchev–Trinajstić information content (AvgIpc) is 3.85. The smallest absolute Gasteiger partial charge is 0.0571 e. The van der Waals surface area contributed by atoms with E-state index in [-0.39, 0.29) is 0 Å². The Balaban J connectivity index is 1.19. The number of hydrogen-bond donors (Lipinski definition) is 0. The van der Waals surface area contributed by atoms with Crippen LogP contribution in [0.25, 0.3) is 82.5 Å². The topological polar surface area (TPSA) is 40.6 Å². The van der Waals surface area contributed by atoms with Gasteiger partial charge in [-0.15, -0.1) is 0 Å². The summed E-state index contributed by atoms with van der Waals surface area (Å²) in [6.45, 7) is 2.14. The maximum absolute atomic E-state index is 4.53. The molecule has 53 heavy (non-hydrogen) atoms. The van der Waals surface area contributed by atoms with E-state index in [1.807, 2.05) is 24.8 Å². The Bertz CT molecular complexity index is 2970. The van der Waals surface area contributed by atoms with Crippen LogP contribution >= 0.6 is 0 Å². The highest BCUT2D eigenvalue weighted by molar-refractivity contribution is 6.12. The van der Waals surface area contributed by atoms with Crippen LogP contribution in [0.2, 0.25) is 0 Å². The molecule has 11 rings (SSSR count). The van der Waals surface area contributed by atoms with Crippen LogP contribution < -0.4 is 0 Å². The molecule has 250 valence electrons. The largest absolute Gasteiger partial charge is 0.309 e. The predicted octanol–water partition coefficient (Wildman–Crippen LogP) is 11.7. The Hall–Kier alpha value is -6.98. The van der Waals surface area contributed by atoms with Gasteiger partial charge in [0.25, 0.3) is 0 Å². The van der Waals surface area contributed by atoms with Crippen molar-refractivity contribution >= 4 is 65.4 Å². The molecular formula is C48H33N5. The van der Waals surface area contributed by atoms with Crippen molar-refractivity contribution in [1.29, 1.82) is 0 Å². The summed E-state index contributed by atoms with van der Waals surface area (Å²) in [6.07, 6.45) is 8.53. The SMILES string of the molecule is Cc1ccc(-n2c3ccccc3c3c(Cc4cc(-n5c6ccccc6c6cnccc65)cc(-n5c6ccccc6c6cnccc65)c4)cccc32)cc1. The van der Waals surface area contributed by atoms with Crippen LogP contribution in [0, 0.1) is 6.92 Å².